The molecule has 186 valence electrons. The molecule has 1 aromatic carbocycles. The molecule has 0 bridgehead atoms. The molecule has 1 saturated heterocycles. The van der Waals surface area contributed by atoms with E-state index < -0.39 is 0 Å². The van der Waals surface area contributed by atoms with Crippen molar-refractivity contribution in [3.8, 4) is 0 Å². The maximum absolute atomic E-state index is 15.0. The van der Waals surface area contributed by atoms with Crippen molar-refractivity contribution < 1.29 is 18.3 Å². The third-order valence-electron chi connectivity index (χ3n) is 5.84. The molecule has 7 heteroatoms. The first-order valence-electron chi connectivity index (χ1n) is 11.8. The zero-order valence-electron chi connectivity index (χ0n) is 20.9. The lowest BCUT2D eigenvalue weighted by Gasteiger charge is -2.42. The van der Waals surface area contributed by atoms with E-state index in [4.69, 9.17) is 9.21 Å². The van der Waals surface area contributed by atoms with Crippen LogP contribution in [0.4, 0.5) is 4.39 Å². The number of aromatic nitrogens is 2. The molecule has 1 aliphatic heterocycles. The molecule has 1 fully saturated rings. The molecule has 1 atom stereocenters. The second-order valence-electron chi connectivity index (χ2n) is 9.42. The van der Waals surface area contributed by atoms with Crippen molar-refractivity contribution in [2.45, 2.75) is 33.6 Å². The first-order valence-corrected chi connectivity index (χ1v) is 11.8. The van der Waals surface area contributed by atoms with Crippen molar-refractivity contribution in [1.82, 2.24) is 14.9 Å². The Labute approximate surface area is 206 Å². The van der Waals surface area contributed by atoms with E-state index in [1.165, 1.54) is 13.2 Å². The van der Waals surface area contributed by atoms with E-state index in [1.807, 2.05) is 31.2 Å². The summed E-state index contributed by atoms with van der Waals surface area (Å²) in [5.74, 6) is 1.90. The minimum absolute atomic E-state index is 0.161. The molecule has 35 heavy (non-hydrogen) atoms. The number of nitrogens with zero attached hydrogens (tertiary/aromatic N) is 3. The van der Waals surface area contributed by atoms with Crippen molar-refractivity contribution in [3.63, 3.8) is 0 Å². The van der Waals surface area contributed by atoms with E-state index in [2.05, 4.69) is 45.6 Å². The largest absolute Gasteiger partial charge is 0.471 e. The summed E-state index contributed by atoms with van der Waals surface area (Å²) in [6, 6.07) is 9.69. The molecule has 0 aliphatic carbocycles. The van der Waals surface area contributed by atoms with Gasteiger partial charge in [-0.3, -0.25) is 4.79 Å². The summed E-state index contributed by atoms with van der Waals surface area (Å²) in [5.41, 5.74) is 1.62. The normalized spacial score (nSPS) is 16.4. The Balaban J connectivity index is 0.000000795. The van der Waals surface area contributed by atoms with Crippen molar-refractivity contribution >= 4 is 23.5 Å². The van der Waals surface area contributed by atoms with Gasteiger partial charge in [-0.05, 0) is 42.7 Å². The molecule has 4 rings (SSSR count). The zero-order valence-corrected chi connectivity index (χ0v) is 20.9. The minimum Gasteiger partial charge on any atom is -0.471 e. The van der Waals surface area contributed by atoms with Crippen LogP contribution in [0.25, 0.3) is 17.0 Å². The van der Waals surface area contributed by atoms with Crippen LogP contribution >= 0.6 is 0 Å². The number of carbonyl (C=O) groups excluding carboxylic acids is 1. The van der Waals surface area contributed by atoms with E-state index in [1.54, 1.807) is 18.5 Å². The minimum atomic E-state index is -0.232. The fraction of sp³-hybridized carbons (Fsp3) is 0.393. The van der Waals surface area contributed by atoms with Crippen LogP contribution in [0.2, 0.25) is 0 Å². The summed E-state index contributed by atoms with van der Waals surface area (Å²) in [4.78, 5) is 19.9. The lowest BCUT2D eigenvalue weighted by molar-refractivity contribution is -0.126. The van der Waals surface area contributed by atoms with Gasteiger partial charge in [0, 0.05) is 61.7 Å². The SMILES string of the molecule is C/C=C\C(C)(C/C(F)=C/c1cc2cc(Cc3ncccn3)ccc2o1)CN1CC(C)C1.COC=O. The van der Waals surface area contributed by atoms with Crippen LogP contribution in [0.15, 0.2) is 65.1 Å². The highest BCUT2D eigenvalue weighted by atomic mass is 19.1. The molecule has 0 saturated carbocycles. The molecule has 1 aliphatic rings. The fourth-order valence-electron chi connectivity index (χ4n) is 4.53. The Hall–Kier alpha value is -3.32. The highest BCUT2D eigenvalue weighted by molar-refractivity contribution is 5.80. The van der Waals surface area contributed by atoms with Gasteiger partial charge in [0.1, 0.15) is 23.0 Å². The first kappa shape index (κ1) is 26.3. The molecule has 0 spiro atoms. The predicted octanol–water partition coefficient (Wildman–Crippen LogP) is 5.84. The Morgan fingerprint density at radius 2 is 2.00 bits per heavy atom. The van der Waals surface area contributed by atoms with Crippen LogP contribution < -0.4 is 0 Å². The molecule has 0 N–H and O–H groups in total. The van der Waals surface area contributed by atoms with E-state index in [0.29, 0.717) is 25.1 Å². The number of halogens is 1. The number of furan rings is 1. The maximum Gasteiger partial charge on any atom is 0.292 e. The van der Waals surface area contributed by atoms with Crippen LogP contribution in [-0.2, 0) is 16.0 Å². The molecule has 1 unspecified atom stereocenters. The smallest absolute Gasteiger partial charge is 0.292 e. The predicted molar refractivity (Wildman–Crippen MR) is 136 cm³/mol. The fourth-order valence-corrected chi connectivity index (χ4v) is 4.53. The molecule has 0 amide bonds. The Morgan fingerprint density at radius 3 is 2.63 bits per heavy atom. The van der Waals surface area contributed by atoms with Gasteiger partial charge in [0.25, 0.3) is 6.47 Å². The molecule has 6 nitrogen and oxygen atoms in total. The summed E-state index contributed by atoms with van der Waals surface area (Å²) in [6.07, 6.45) is 10.2. The molecule has 3 aromatic rings. The second kappa shape index (κ2) is 12.4. The number of benzene rings is 1. The van der Waals surface area contributed by atoms with Gasteiger partial charge >= 0.3 is 0 Å². The van der Waals surface area contributed by atoms with Gasteiger partial charge in [0.15, 0.2) is 0 Å². The van der Waals surface area contributed by atoms with Gasteiger partial charge in [0.2, 0.25) is 0 Å². The summed E-state index contributed by atoms with van der Waals surface area (Å²) >= 11 is 0. The number of carbonyl (C=O) groups is 1. The average Bonchev–Trinajstić information content (AvgIpc) is 3.20. The number of ether oxygens (including phenoxy) is 1. The van der Waals surface area contributed by atoms with Crippen molar-refractivity contribution in [2.75, 3.05) is 26.7 Å². The van der Waals surface area contributed by atoms with E-state index in [9.17, 15) is 4.39 Å². The van der Waals surface area contributed by atoms with Gasteiger partial charge in [-0.1, -0.05) is 32.1 Å². The van der Waals surface area contributed by atoms with Crippen LogP contribution in [-0.4, -0.2) is 48.1 Å². The molecule has 3 heterocycles. The number of allylic oxidation sites excluding steroid dienone is 2. The number of hydrogen-bond donors (Lipinski definition) is 0. The topological polar surface area (TPSA) is 68.5 Å². The van der Waals surface area contributed by atoms with Crippen LogP contribution in [0.3, 0.4) is 0 Å². The van der Waals surface area contributed by atoms with Crippen LogP contribution in [0, 0.1) is 11.3 Å². The number of methoxy groups -OCH3 is 1. The van der Waals surface area contributed by atoms with Crippen molar-refractivity contribution in [3.05, 3.63) is 77.9 Å². The molecular formula is C28H34FN3O3. The van der Waals surface area contributed by atoms with Crippen LogP contribution in [0.5, 0.6) is 0 Å². The van der Waals surface area contributed by atoms with E-state index >= 15 is 0 Å². The number of rotatable bonds is 9. The Morgan fingerprint density at radius 1 is 1.29 bits per heavy atom. The Kier molecular flexibility index (Phi) is 9.32. The van der Waals surface area contributed by atoms with E-state index in [0.717, 1.165) is 47.9 Å². The van der Waals surface area contributed by atoms with Gasteiger partial charge in [-0.25, -0.2) is 14.4 Å². The summed E-state index contributed by atoms with van der Waals surface area (Å²) in [7, 11) is 1.31. The summed E-state index contributed by atoms with van der Waals surface area (Å²) in [5, 5.41) is 0.957. The average molecular weight is 480 g/mol. The standard InChI is InChI=1S/C26H30FN3O.C2H4O2/c1-4-8-26(3,18-30-16-19(2)17-30)15-22(27)14-23-13-21-11-20(6-7-24(21)31-23)12-25-28-9-5-10-29-25;1-4-2-3/h4-11,13-14,19H,12,15-18H2,1-3H3;2H,1H3/b8-4-,22-14-;. The summed E-state index contributed by atoms with van der Waals surface area (Å²) < 4.78 is 24.7. The lowest BCUT2D eigenvalue weighted by atomic mass is 9.83. The molecule has 0 radical (unpaired) electrons. The van der Waals surface area contributed by atoms with Gasteiger partial charge in [0.05, 0.1) is 7.11 Å². The third-order valence-corrected chi connectivity index (χ3v) is 5.84. The maximum atomic E-state index is 15.0. The highest BCUT2D eigenvalue weighted by Crippen LogP contribution is 2.33. The third kappa shape index (κ3) is 7.86. The van der Waals surface area contributed by atoms with Crippen molar-refractivity contribution in [2.24, 2.45) is 11.3 Å². The zero-order chi connectivity index (χ0) is 25.3. The van der Waals surface area contributed by atoms with Crippen LogP contribution in [0.1, 0.15) is 44.3 Å². The van der Waals surface area contributed by atoms with Gasteiger partial charge in [-0.2, -0.15) is 0 Å². The first-order chi connectivity index (χ1) is 16.8. The lowest BCUT2D eigenvalue weighted by Crippen LogP contribution is -2.49. The van der Waals surface area contributed by atoms with Gasteiger partial charge in [-0.15, -0.1) is 0 Å². The van der Waals surface area contributed by atoms with Gasteiger partial charge < -0.3 is 14.1 Å². The second-order valence-corrected chi connectivity index (χ2v) is 9.42. The van der Waals surface area contributed by atoms with E-state index in [-0.39, 0.29) is 11.2 Å². The molecular weight excluding hydrogens is 445 g/mol. The number of likely N-dealkylation sites (tertiary alicyclic amines) is 1. The van der Waals surface area contributed by atoms with Crippen molar-refractivity contribution in [1.29, 1.82) is 0 Å². The monoisotopic (exact) mass is 479 g/mol. The highest BCUT2D eigenvalue weighted by Gasteiger charge is 2.31. The number of fused-ring (bicyclic) bond motifs is 1. The molecule has 2 aromatic heterocycles. The number of hydrogen-bond acceptors (Lipinski definition) is 6. The Bertz CT molecular complexity index is 1150. The summed E-state index contributed by atoms with van der Waals surface area (Å²) in [6.45, 7) is 9.81. The quantitative estimate of drug-likeness (QED) is 0.284.